The average Bonchev–Trinajstić information content (AvgIpc) is 3.31. The van der Waals surface area contributed by atoms with Crippen LogP contribution in [0.5, 0.6) is 5.75 Å². The highest BCUT2D eigenvalue weighted by atomic mass is 79.9. The predicted molar refractivity (Wildman–Crippen MR) is 103 cm³/mol. The summed E-state index contributed by atoms with van der Waals surface area (Å²) in [7, 11) is 1.68. The number of ether oxygens (including phenoxy) is 2. The number of halogens is 1. The maximum Gasteiger partial charge on any atom is 0.158 e. The highest BCUT2D eigenvalue weighted by Crippen LogP contribution is 2.34. The summed E-state index contributed by atoms with van der Waals surface area (Å²) in [6.45, 7) is 1.59. The van der Waals surface area contributed by atoms with Gasteiger partial charge in [0.25, 0.3) is 0 Å². The number of anilines is 1. The highest BCUT2D eigenvalue weighted by molar-refractivity contribution is 9.10. The monoisotopic (exact) mass is 398 g/mol. The minimum absolute atomic E-state index is 0.0721. The molecule has 0 bridgehead atoms. The van der Waals surface area contributed by atoms with Crippen LogP contribution in [-0.4, -0.2) is 24.8 Å². The summed E-state index contributed by atoms with van der Waals surface area (Å²) in [5.74, 6) is 0.862. The van der Waals surface area contributed by atoms with Gasteiger partial charge in [-0.05, 0) is 58.4 Å². The van der Waals surface area contributed by atoms with Crippen molar-refractivity contribution < 1.29 is 9.47 Å². The van der Waals surface area contributed by atoms with Crippen molar-refractivity contribution in [2.24, 2.45) is 0 Å². The first-order valence-corrected chi connectivity index (χ1v) is 9.00. The number of nitrogens with zero attached hydrogens (tertiary/aromatic N) is 2. The van der Waals surface area contributed by atoms with Crippen LogP contribution in [-0.2, 0) is 4.74 Å². The van der Waals surface area contributed by atoms with Gasteiger partial charge >= 0.3 is 0 Å². The van der Waals surface area contributed by atoms with E-state index in [0.717, 1.165) is 40.3 Å². The smallest absolute Gasteiger partial charge is 0.158 e. The lowest BCUT2D eigenvalue weighted by Gasteiger charge is -2.24. The number of methoxy groups -OCH3 is 1. The standard InChI is InChI=1S/C20H19BrN2O2/c1-24-17-8-6-16(7-9-17)23-12-13-25-20(23)15-10-11-22(14-15)19-5-3-2-4-18(19)21/h2-11,14,20H,12-13H2,1H3. The molecule has 1 aliphatic heterocycles. The van der Waals surface area contributed by atoms with E-state index in [2.05, 4.69) is 62.1 Å². The van der Waals surface area contributed by atoms with E-state index in [1.807, 2.05) is 30.3 Å². The van der Waals surface area contributed by atoms with Gasteiger partial charge in [0.2, 0.25) is 0 Å². The maximum absolute atomic E-state index is 6.01. The predicted octanol–water partition coefficient (Wildman–Crippen LogP) is 4.78. The van der Waals surface area contributed by atoms with E-state index in [0.29, 0.717) is 0 Å². The lowest BCUT2D eigenvalue weighted by atomic mass is 10.2. The van der Waals surface area contributed by atoms with Crippen molar-refractivity contribution in [3.63, 3.8) is 0 Å². The van der Waals surface area contributed by atoms with Crippen LogP contribution in [0.15, 0.2) is 71.5 Å². The van der Waals surface area contributed by atoms with Crippen molar-refractivity contribution >= 4 is 21.6 Å². The van der Waals surface area contributed by atoms with Crippen LogP contribution < -0.4 is 9.64 Å². The van der Waals surface area contributed by atoms with Crippen molar-refractivity contribution in [3.05, 3.63) is 77.0 Å². The summed E-state index contributed by atoms with van der Waals surface area (Å²) in [6, 6.07) is 18.4. The molecule has 2 aromatic carbocycles. The summed E-state index contributed by atoms with van der Waals surface area (Å²) < 4.78 is 14.4. The van der Waals surface area contributed by atoms with Crippen LogP contribution in [0, 0.1) is 0 Å². The van der Waals surface area contributed by atoms with E-state index < -0.39 is 0 Å². The zero-order chi connectivity index (χ0) is 17.2. The normalized spacial score (nSPS) is 17.0. The van der Waals surface area contributed by atoms with Gasteiger partial charge in [0.15, 0.2) is 6.23 Å². The third-order valence-electron chi connectivity index (χ3n) is 4.43. The zero-order valence-electron chi connectivity index (χ0n) is 13.9. The topological polar surface area (TPSA) is 26.6 Å². The summed E-state index contributed by atoms with van der Waals surface area (Å²) in [6.07, 6.45) is 4.13. The molecule has 0 aliphatic carbocycles. The minimum Gasteiger partial charge on any atom is -0.497 e. The number of hydrogen-bond acceptors (Lipinski definition) is 3. The Morgan fingerprint density at radius 3 is 2.64 bits per heavy atom. The number of aromatic nitrogens is 1. The maximum atomic E-state index is 6.01. The van der Waals surface area contributed by atoms with Gasteiger partial charge in [0, 0.05) is 34.7 Å². The Balaban J connectivity index is 1.61. The van der Waals surface area contributed by atoms with E-state index in [-0.39, 0.29) is 6.23 Å². The zero-order valence-corrected chi connectivity index (χ0v) is 15.5. The number of benzene rings is 2. The van der Waals surface area contributed by atoms with E-state index in [1.54, 1.807) is 7.11 Å². The molecule has 4 nitrogen and oxygen atoms in total. The Bertz CT molecular complexity index is 860. The molecule has 0 N–H and O–H groups in total. The molecule has 128 valence electrons. The molecule has 1 unspecified atom stereocenters. The van der Waals surface area contributed by atoms with E-state index in [4.69, 9.17) is 9.47 Å². The molecule has 1 atom stereocenters. The van der Waals surface area contributed by atoms with Crippen molar-refractivity contribution in [2.75, 3.05) is 25.2 Å². The van der Waals surface area contributed by atoms with E-state index >= 15 is 0 Å². The minimum atomic E-state index is -0.0721. The van der Waals surface area contributed by atoms with Crippen molar-refractivity contribution in [1.82, 2.24) is 4.57 Å². The van der Waals surface area contributed by atoms with Crippen LogP contribution in [0.3, 0.4) is 0 Å². The number of hydrogen-bond donors (Lipinski definition) is 0. The molecule has 0 amide bonds. The Kier molecular flexibility index (Phi) is 4.51. The first-order valence-electron chi connectivity index (χ1n) is 8.21. The molecule has 1 aliphatic rings. The second-order valence-electron chi connectivity index (χ2n) is 5.92. The van der Waals surface area contributed by atoms with Crippen LogP contribution in [0.25, 0.3) is 5.69 Å². The molecule has 0 radical (unpaired) electrons. The summed E-state index contributed by atoms with van der Waals surface area (Å²) in [5, 5.41) is 0. The second kappa shape index (κ2) is 6.94. The summed E-state index contributed by atoms with van der Waals surface area (Å²) in [4.78, 5) is 2.28. The second-order valence-corrected chi connectivity index (χ2v) is 6.77. The largest absolute Gasteiger partial charge is 0.497 e. The lowest BCUT2D eigenvalue weighted by Crippen LogP contribution is -2.22. The Morgan fingerprint density at radius 2 is 1.88 bits per heavy atom. The molecule has 1 aromatic heterocycles. The highest BCUT2D eigenvalue weighted by Gasteiger charge is 2.28. The molecule has 2 heterocycles. The molecular formula is C20H19BrN2O2. The number of para-hydroxylation sites is 1. The molecule has 1 saturated heterocycles. The van der Waals surface area contributed by atoms with Crippen molar-refractivity contribution in [1.29, 1.82) is 0 Å². The SMILES string of the molecule is COc1ccc(N2CCOC2c2ccn(-c3ccccc3Br)c2)cc1. The van der Waals surface area contributed by atoms with Gasteiger partial charge in [-0.25, -0.2) is 0 Å². The van der Waals surface area contributed by atoms with Gasteiger partial charge in [-0.3, -0.25) is 0 Å². The van der Waals surface area contributed by atoms with Gasteiger partial charge in [0.05, 0.1) is 19.4 Å². The molecule has 5 heteroatoms. The van der Waals surface area contributed by atoms with Crippen LogP contribution >= 0.6 is 15.9 Å². The van der Waals surface area contributed by atoms with Gasteiger partial charge in [-0.15, -0.1) is 0 Å². The molecule has 25 heavy (non-hydrogen) atoms. The molecule has 3 aromatic rings. The van der Waals surface area contributed by atoms with Crippen molar-refractivity contribution in [2.45, 2.75) is 6.23 Å². The van der Waals surface area contributed by atoms with E-state index in [9.17, 15) is 0 Å². The van der Waals surface area contributed by atoms with Gasteiger partial charge < -0.3 is 18.9 Å². The van der Waals surface area contributed by atoms with Crippen LogP contribution in [0.1, 0.15) is 11.8 Å². The Hall–Kier alpha value is -2.24. The first kappa shape index (κ1) is 16.2. The lowest BCUT2D eigenvalue weighted by molar-refractivity contribution is 0.114. The fraction of sp³-hybridized carbons (Fsp3) is 0.200. The molecule has 0 spiro atoms. The van der Waals surface area contributed by atoms with Gasteiger partial charge in [-0.1, -0.05) is 12.1 Å². The summed E-state index contributed by atoms with van der Waals surface area (Å²) >= 11 is 3.61. The third kappa shape index (κ3) is 3.17. The Labute approximate surface area is 155 Å². The molecular weight excluding hydrogens is 380 g/mol. The summed E-state index contributed by atoms with van der Waals surface area (Å²) in [5.41, 5.74) is 3.39. The van der Waals surface area contributed by atoms with Crippen LogP contribution in [0.4, 0.5) is 5.69 Å². The van der Waals surface area contributed by atoms with E-state index in [1.165, 1.54) is 0 Å². The van der Waals surface area contributed by atoms with Gasteiger partial charge in [-0.2, -0.15) is 0 Å². The fourth-order valence-corrected chi connectivity index (χ4v) is 3.64. The average molecular weight is 399 g/mol. The molecule has 4 rings (SSSR count). The van der Waals surface area contributed by atoms with Crippen LogP contribution in [0.2, 0.25) is 0 Å². The first-order chi connectivity index (χ1) is 12.3. The van der Waals surface area contributed by atoms with Crippen molar-refractivity contribution in [3.8, 4) is 11.4 Å². The molecule has 1 fully saturated rings. The third-order valence-corrected chi connectivity index (χ3v) is 5.10. The Morgan fingerprint density at radius 1 is 1.08 bits per heavy atom. The fourth-order valence-electron chi connectivity index (χ4n) is 3.15. The van der Waals surface area contributed by atoms with Gasteiger partial charge in [0.1, 0.15) is 5.75 Å². The number of rotatable bonds is 4. The molecule has 0 saturated carbocycles. The quantitative estimate of drug-likeness (QED) is 0.632.